The van der Waals surface area contributed by atoms with Crippen LogP contribution in [0.2, 0.25) is 0 Å². The summed E-state index contributed by atoms with van der Waals surface area (Å²) in [6, 6.07) is 24.7. The van der Waals surface area contributed by atoms with Crippen molar-refractivity contribution in [1.29, 1.82) is 0 Å². The molecule has 1 aliphatic rings. The monoisotopic (exact) mass is 385 g/mol. The summed E-state index contributed by atoms with van der Waals surface area (Å²) in [6.07, 6.45) is 4.30. The summed E-state index contributed by atoms with van der Waals surface area (Å²) in [5, 5.41) is 0. The Hall–Kier alpha value is -2.98. The van der Waals surface area contributed by atoms with Gasteiger partial charge in [0.15, 0.2) is 0 Å². The lowest BCUT2D eigenvalue weighted by molar-refractivity contribution is -0.134. The van der Waals surface area contributed by atoms with E-state index in [4.69, 9.17) is 0 Å². The first-order valence-electron chi connectivity index (χ1n) is 10.3. The maximum Gasteiger partial charge on any atom is 0.230 e. The molecule has 0 radical (unpaired) electrons. The zero-order valence-electron chi connectivity index (χ0n) is 16.7. The molecule has 0 bridgehead atoms. The number of piperazine rings is 1. The van der Waals surface area contributed by atoms with Crippen LogP contribution in [-0.2, 0) is 17.8 Å². The highest BCUT2D eigenvalue weighted by molar-refractivity contribution is 5.84. The topological polar surface area (TPSA) is 36.4 Å². The smallest absolute Gasteiger partial charge is 0.230 e. The van der Waals surface area contributed by atoms with Crippen LogP contribution >= 0.6 is 0 Å². The van der Waals surface area contributed by atoms with Gasteiger partial charge in [-0.05, 0) is 35.2 Å². The molecule has 1 atom stereocenters. The summed E-state index contributed by atoms with van der Waals surface area (Å²) in [6.45, 7) is 4.34. The van der Waals surface area contributed by atoms with E-state index in [9.17, 15) is 4.79 Å². The lowest BCUT2D eigenvalue weighted by Crippen LogP contribution is -2.49. The molecule has 0 N–H and O–H groups in total. The van der Waals surface area contributed by atoms with Crippen molar-refractivity contribution >= 4 is 5.91 Å². The summed E-state index contributed by atoms with van der Waals surface area (Å²) >= 11 is 0. The molecule has 0 spiro atoms. The minimum Gasteiger partial charge on any atom is -0.340 e. The molecule has 148 valence electrons. The van der Waals surface area contributed by atoms with Crippen LogP contribution in [0.15, 0.2) is 85.2 Å². The third kappa shape index (κ3) is 5.09. The van der Waals surface area contributed by atoms with Crippen LogP contribution in [0.25, 0.3) is 0 Å². The molecule has 29 heavy (non-hydrogen) atoms. The van der Waals surface area contributed by atoms with Crippen LogP contribution in [0, 0.1) is 0 Å². The summed E-state index contributed by atoms with van der Waals surface area (Å²) in [5.41, 5.74) is 3.55. The predicted octanol–water partition coefficient (Wildman–Crippen LogP) is 3.75. The van der Waals surface area contributed by atoms with E-state index in [2.05, 4.69) is 46.3 Å². The molecule has 1 fully saturated rings. The Kier molecular flexibility index (Phi) is 6.32. The Morgan fingerprint density at radius 2 is 1.41 bits per heavy atom. The molecule has 1 aliphatic heterocycles. The molecule has 4 rings (SSSR count). The number of pyridine rings is 1. The first kappa shape index (κ1) is 19.3. The first-order chi connectivity index (χ1) is 14.3. The van der Waals surface area contributed by atoms with E-state index in [1.54, 1.807) is 12.4 Å². The first-order valence-corrected chi connectivity index (χ1v) is 10.3. The Labute approximate surface area is 172 Å². The van der Waals surface area contributed by atoms with Gasteiger partial charge in [-0.1, -0.05) is 60.7 Å². The number of hydrogen-bond acceptors (Lipinski definition) is 3. The predicted molar refractivity (Wildman–Crippen MR) is 115 cm³/mol. The fraction of sp³-hybridized carbons (Fsp3) is 0.280. The molecule has 3 aromatic rings. The van der Waals surface area contributed by atoms with E-state index in [-0.39, 0.29) is 11.8 Å². The molecule has 0 aliphatic carbocycles. The summed E-state index contributed by atoms with van der Waals surface area (Å²) < 4.78 is 0. The van der Waals surface area contributed by atoms with Crippen LogP contribution in [0.3, 0.4) is 0 Å². The number of hydrogen-bond donors (Lipinski definition) is 0. The number of aromatic nitrogens is 1. The normalized spacial score (nSPS) is 15.8. The zero-order valence-corrected chi connectivity index (χ0v) is 16.7. The van der Waals surface area contributed by atoms with Gasteiger partial charge in [-0.15, -0.1) is 0 Å². The van der Waals surface area contributed by atoms with E-state index in [1.807, 2.05) is 41.3 Å². The van der Waals surface area contributed by atoms with Crippen molar-refractivity contribution in [2.45, 2.75) is 18.9 Å². The van der Waals surface area contributed by atoms with Gasteiger partial charge in [0.2, 0.25) is 5.91 Å². The Morgan fingerprint density at radius 3 is 2.07 bits per heavy atom. The molecule has 2 aromatic carbocycles. The van der Waals surface area contributed by atoms with Crippen LogP contribution in [-0.4, -0.2) is 46.9 Å². The third-order valence-corrected chi connectivity index (χ3v) is 5.62. The maximum atomic E-state index is 13.5. The minimum atomic E-state index is -0.153. The highest BCUT2D eigenvalue weighted by Gasteiger charge is 2.28. The number of carbonyl (C=O) groups is 1. The lowest BCUT2D eigenvalue weighted by atomic mass is 9.91. The van der Waals surface area contributed by atoms with E-state index >= 15 is 0 Å². The molecule has 1 amide bonds. The van der Waals surface area contributed by atoms with Crippen molar-refractivity contribution in [2.24, 2.45) is 0 Å². The highest BCUT2D eigenvalue weighted by Crippen LogP contribution is 2.24. The molecular weight excluding hydrogens is 358 g/mol. The average molecular weight is 386 g/mol. The van der Waals surface area contributed by atoms with E-state index < -0.39 is 0 Å². The van der Waals surface area contributed by atoms with Gasteiger partial charge in [-0.25, -0.2) is 0 Å². The number of nitrogens with zero attached hydrogens (tertiary/aromatic N) is 3. The van der Waals surface area contributed by atoms with Gasteiger partial charge in [0, 0.05) is 45.1 Å². The molecule has 4 heteroatoms. The van der Waals surface area contributed by atoms with Crippen molar-refractivity contribution in [2.75, 3.05) is 26.2 Å². The van der Waals surface area contributed by atoms with Crippen LogP contribution in [0.1, 0.15) is 22.6 Å². The minimum absolute atomic E-state index is 0.153. The second kappa shape index (κ2) is 9.48. The van der Waals surface area contributed by atoms with Crippen molar-refractivity contribution < 1.29 is 4.79 Å². The molecule has 0 saturated carbocycles. The van der Waals surface area contributed by atoms with E-state index in [0.29, 0.717) is 6.42 Å². The molecule has 2 heterocycles. The maximum absolute atomic E-state index is 13.5. The van der Waals surface area contributed by atoms with E-state index in [0.717, 1.165) is 43.9 Å². The molecule has 1 aromatic heterocycles. The Balaban J connectivity index is 1.43. The van der Waals surface area contributed by atoms with Crippen molar-refractivity contribution in [3.05, 3.63) is 102 Å². The molecule has 4 nitrogen and oxygen atoms in total. The van der Waals surface area contributed by atoms with Gasteiger partial charge in [-0.2, -0.15) is 0 Å². The van der Waals surface area contributed by atoms with Crippen LogP contribution in [0.4, 0.5) is 0 Å². The number of benzene rings is 2. The fourth-order valence-electron chi connectivity index (χ4n) is 3.98. The fourth-order valence-corrected chi connectivity index (χ4v) is 3.98. The van der Waals surface area contributed by atoms with Crippen LogP contribution in [0.5, 0.6) is 0 Å². The average Bonchev–Trinajstić information content (AvgIpc) is 2.79. The SMILES string of the molecule is O=C(C(Cc1ccncc1)c1ccccc1)N1CCN(Cc2ccccc2)CC1. The number of carbonyl (C=O) groups excluding carboxylic acids is 1. The third-order valence-electron chi connectivity index (χ3n) is 5.62. The van der Waals surface area contributed by atoms with E-state index in [1.165, 1.54) is 5.56 Å². The van der Waals surface area contributed by atoms with Crippen LogP contribution < -0.4 is 0 Å². The van der Waals surface area contributed by atoms with Crippen molar-refractivity contribution in [3.8, 4) is 0 Å². The number of amides is 1. The molecular formula is C25H27N3O. The quantitative estimate of drug-likeness (QED) is 0.648. The van der Waals surface area contributed by atoms with Crippen molar-refractivity contribution in [3.63, 3.8) is 0 Å². The molecule has 1 saturated heterocycles. The lowest BCUT2D eigenvalue weighted by Gasteiger charge is -2.36. The van der Waals surface area contributed by atoms with Gasteiger partial charge in [0.1, 0.15) is 0 Å². The van der Waals surface area contributed by atoms with Gasteiger partial charge >= 0.3 is 0 Å². The standard InChI is InChI=1S/C25H27N3O/c29-25(28-17-15-27(16-18-28)20-22-7-3-1-4-8-22)24(23-9-5-2-6-10-23)19-21-11-13-26-14-12-21/h1-14,24H,15-20H2. The Morgan fingerprint density at radius 1 is 0.793 bits per heavy atom. The zero-order chi connectivity index (χ0) is 19.9. The summed E-state index contributed by atoms with van der Waals surface area (Å²) in [7, 11) is 0. The van der Waals surface area contributed by atoms with Gasteiger partial charge in [-0.3, -0.25) is 14.7 Å². The Bertz CT molecular complexity index is 891. The second-order valence-electron chi connectivity index (χ2n) is 7.61. The number of rotatable bonds is 6. The largest absolute Gasteiger partial charge is 0.340 e. The van der Waals surface area contributed by atoms with Gasteiger partial charge in [0.05, 0.1) is 5.92 Å². The van der Waals surface area contributed by atoms with Gasteiger partial charge in [0.25, 0.3) is 0 Å². The summed E-state index contributed by atoms with van der Waals surface area (Å²) in [5.74, 6) is 0.0756. The highest BCUT2D eigenvalue weighted by atomic mass is 16.2. The summed E-state index contributed by atoms with van der Waals surface area (Å²) in [4.78, 5) is 22.0. The second-order valence-corrected chi connectivity index (χ2v) is 7.61. The molecule has 1 unspecified atom stereocenters. The van der Waals surface area contributed by atoms with Gasteiger partial charge < -0.3 is 4.90 Å². The van der Waals surface area contributed by atoms with Crippen molar-refractivity contribution in [1.82, 2.24) is 14.8 Å².